The minimum absolute atomic E-state index is 0.000167. The SMILES string of the molecule is CNC(=O)c1ccccc1Nc1nc(Nc2ccc(N3CCN(C(=O)N[C@H]4CC[C@@H](N(C)CCC#Cc5ccc6c(c5)CN(C5CCC(=O)NC5=O)C6=O)CC4)CC3)cc2)ncc1Cl. The Morgan fingerprint density at radius 2 is 1.70 bits per heavy atom. The van der Waals surface area contributed by atoms with Crippen molar-refractivity contribution < 1.29 is 24.0 Å². The van der Waals surface area contributed by atoms with Gasteiger partial charge in [-0.05, 0) is 99.3 Å². The number of carbonyl (C=O) groups is 5. The molecule has 0 radical (unpaired) electrons. The van der Waals surface area contributed by atoms with Gasteiger partial charge in [-0.3, -0.25) is 24.5 Å². The van der Waals surface area contributed by atoms with Crippen LogP contribution in [-0.4, -0.2) is 119 Å². The standard InChI is InChI=1S/C47H52ClN11O5/c1-49-43(61)37-8-3-4-9-39(37)53-42-38(48)28-50-46(55-42)51-32-13-17-35(18-14-32)57-23-25-58(26-24-57)47(64)52-33-11-15-34(16-12-33)56(2)22-6-5-7-30-10-19-36-31(27-30)29-59(45(36)63)40-20-21-41(60)54-44(40)62/h3-4,8-10,13-14,17-19,27-28,33-34,40H,6,11-12,15-16,20-26,29H2,1-2H3,(H,49,61)(H,52,64)(H,54,60,62)(H2,50,51,53,55)/t33-,34+,40?. The molecule has 4 heterocycles. The van der Waals surface area contributed by atoms with Gasteiger partial charge in [-0.1, -0.05) is 35.6 Å². The molecule has 4 aliphatic rings. The van der Waals surface area contributed by atoms with Crippen LogP contribution in [0.25, 0.3) is 0 Å². The fourth-order valence-corrected chi connectivity index (χ4v) is 8.92. The van der Waals surface area contributed by atoms with Crippen LogP contribution in [-0.2, 0) is 16.1 Å². The molecule has 2 saturated heterocycles. The number of imide groups is 1. The minimum atomic E-state index is -0.632. The Hall–Kier alpha value is -6.70. The number of benzene rings is 3. The van der Waals surface area contributed by atoms with Gasteiger partial charge in [0.05, 0.1) is 17.4 Å². The number of fused-ring (bicyclic) bond motifs is 1. The molecule has 1 aliphatic carbocycles. The van der Waals surface area contributed by atoms with Crippen molar-refractivity contribution in [1.82, 2.24) is 40.6 Å². The summed E-state index contributed by atoms with van der Waals surface area (Å²) in [7, 11) is 3.72. The van der Waals surface area contributed by atoms with Crippen LogP contribution in [0.4, 0.5) is 33.6 Å². The topological polar surface area (TPSA) is 184 Å². The molecule has 0 spiro atoms. The maximum atomic E-state index is 13.3. The highest BCUT2D eigenvalue weighted by molar-refractivity contribution is 6.33. The van der Waals surface area contributed by atoms with Gasteiger partial charge in [0.1, 0.15) is 11.1 Å². The van der Waals surface area contributed by atoms with Crippen molar-refractivity contribution in [1.29, 1.82) is 0 Å². The van der Waals surface area contributed by atoms with Gasteiger partial charge in [-0.25, -0.2) is 9.78 Å². The summed E-state index contributed by atoms with van der Waals surface area (Å²) in [6.07, 6.45) is 6.65. The molecule has 0 bridgehead atoms. The fraction of sp³-hybridized carbons (Fsp3) is 0.383. The van der Waals surface area contributed by atoms with Crippen LogP contribution >= 0.6 is 11.6 Å². The first-order valence-electron chi connectivity index (χ1n) is 21.8. The molecule has 3 aromatic carbocycles. The Morgan fingerprint density at radius 1 is 0.938 bits per heavy atom. The molecule has 16 nitrogen and oxygen atoms in total. The number of para-hydroxylation sites is 1. The monoisotopic (exact) mass is 885 g/mol. The molecule has 3 aliphatic heterocycles. The maximum absolute atomic E-state index is 13.3. The van der Waals surface area contributed by atoms with Crippen LogP contribution in [0.2, 0.25) is 5.02 Å². The smallest absolute Gasteiger partial charge is 0.317 e. The van der Waals surface area contributed by atoms with E-state index in [2.05, 4.69) is 65.2 Å². The van der Waals surface area contributed by atoms with E-state index in [4.69, 9.17) is 11.6 Å². The quantitative estimate of drug-likeness (QED) is 0.0980. The summed E-state index contributed by atoms with van der Waals surface area (Å²) in [6.45, 7) is 3.88. The molecule has 4 aromatic rings. The number of rotatable bonds is 11. The van der Waals surface area contributed by atoms with Crippen LogP contribution in [0, 0.1) is 11.8 Å². The van der Waals surface area contributed by atoms with Crippen molar-refractivity contribution in [3.8, 4) is 11.8 Å². The van der Waals surface area contributed by atoms with E-state index in [1.807, 2.05) is 47.4 Å². The van der Waals surface area contributed by atoms with E-state index in [1.54, 1.807) is 36.2 Å². The van der Waals surface area contributed by atoms with E-state index in [1.165, 1.54) is 6.20 Å². The van der Waals surface area contributed by atoms with Gasteiger partial charge < -0.3 is 40.9 Å². The Labute approximate surface area is 377 Å². The predicted molar refractivity (Wildman–Crippen MR) is 245 cm³/mol. The molecule has 332 valence electrons. The highest BCUT2D eigenvalue weighted by Crippen LogP contribution is 2.30. The number of anilines is 5. The van der Waals surface area contributed by atoms with Crippen molar-refractivity contribution in [3.63, 3.8) is 0 Å². The third kappa shape index (κ3) is 10.2. The second kappa shape index (κ2) is 19.8. The lowest BCUT2D eigenvalue weighted by atomic mass is 9.90. The van der Waals surface area contributed by atoms with Crippen LogP contribution in [0.3, 0.4) is 0 Å². The molecule has 17 heteroatoms. The van der Waals surface area contributed by atoms with E-state index >= 15 is 0 Å². The number of piperazine rings is 1. The van der Waals surface area contributed by atoms with Crippen molar-refractivity contribution in [3.05, 3.63) is 100 Å². The van der Waals surface area contributed by atoms with Gasteiger partial charge in [-0.15, -0.1) is 0 Å². The zero-order valence-corrected chi connectivity index (χ0v) is 36.7. The van der Waals surface area contributed by atoms with Crippen LogP contribution < -0.4 is 31.5 Å². The number of carbonyl (C=O) groups excluding carboxylic acids is 5. The normalized spacial score (nSPS) is 19.7. The van der Waals surface area contributed by atoms with E-state index in [9.17, 15) is 24.0 Å². The summed E-state index contributed by atoms with van der Waals surface area (Å²) < 4.78 is 0. The Morgan fingerprint density at radius 3 is 2.45 bits per heavy atom. The van der Waals surface area contributed by atoms with Gasteiger partial charge in [0, 0.05) is 93.7 Å². The maximum Gasteiger partial charge on any atom is 0.317 e. The van der Waals surface area contributed by atoms with Gasteiger partial charge in [0.15, 0.2) is 5.82 Å². The number of hydrogen-bond acceptors (Lipinski definition) is 11. The third-order valence-corrected chi connectivity index (χ3v) is 12.7. The number of halogens is 1. The van der Waals surface area contributed by atoms with E-state index in [0.29, 0.717) is 72.1 Å². The molecule has 1 unspecified atom stereocenters. The molecule has 64 heavy (non-hydrogen) atoms. The Balaban J connectivity index is 0.738. The average molecular weight is 886 g/mol. The summed E-state index contributed by atoms with van der Waals surface area (Å²) in [4.78, 5) is 79.6. The number of hydrogen-bond donors (Lipinski definition) is 5. The third-order valence-electron chi connectivity index (χ3n) is 12.4. The summed E-state index contributed by atoms with van der Waals surface area (Å²) in [6, 6.07) is 20.6. The number of urea groups is 1. The van der Waals surface area contributed by atoms with Crippen LogP contribution in [0.5, 0.6) is 0 Å². The largest absolute Gasteiger partial charge is 0.368 e. The molecule has 1 aromatic heterocycles. The first-order chi connectivity index (χ1) is 31.0. The average Bonchev–Trinajstić information content (AvgIpc) is 3.63. The summed E-state index contributed by atoms with van der Waals surface area (Å²) in [5.41, 5.74) is 5.15. The molecular formula is C47H52ClN11O5. The zero-order chi connectivity index (χ0) is 44.7. The highest BCUT2D eigenvalue weighted by Gasteiger charge is 2.39. The van der Waals surface area contributed by atoms with Gasteiger partial charge in [-0.2, -0.15) is 4.98 Å². The summed E-state index contributed by atoms with van der Waals surface area (Å²) >= 11 is 6.41. The van der Waals surface area contributed by atoms with Crippen molar-refractivity contribution in [2.75, 3.05) is 62.4 Å². The van der Waals surface area contributed by atoms with Crippen LogP contribution in [0.15, 0.2) is 72.9 Å². The lowest BCUT2D eigenvalue weighted by Gasteiger charge is -2.38. The fourth-order valence-electron chi connectivity index (χ4n) is 8.78. The number of nitrogens with one attached hydrogen (secondary N) is 5. The Bertz CT molecular complexity index is 2470. The summed E-state index contributed by atoms with van der Waals surface area (Å²) in [5, 5.41) is 15.0. The number of amides is 6. The van der Waals surface area contributed by atoms with Crippen molar-refractivity contribution in [2.45, 2.75) is 69.6 Å². The first-order valence-corrected chi connectivity index (χ1v) is 22.2. The molecular weight excluding hydrogens is 834 g/mol. The summed E-state index contributed by atoms with van der Waals surface area (Å²) in [5.74, 6) is 6.12. The molecule has 8 rings (SSSR count). The highest BCUT2D eigenvalue weighted by atomic mass is 35.5. The lowest BCUT2D eigenvalue weighted by Crippen LogP contribution is -2.54. The van der Waals surface area contributed by atoms with Crippen molar-refractivity contribution >= 4 is 70.1 Å². The second-order valence-electron chi connectivity index (χ2n) is 16.5. The Kier molecular flexibility index (Phi) is 13.6. The van der Waals surface area contributed by atoms with E-state index in [0.717, 1.165) is 67.8 Å². The second-order valence-corrected chi connectivity index (χ2v) is 17.0. The zero-order valence-electron chi connectivity index (χ0n) is 36.0. The molecule has 3 fully saturated rings. The molecule has 1 saturated carbocycles. The lowest BCUT2D eigenvalue weighted by molar-refractivity contribution is -0.136. The first kappa shape index (κ1) is 43.9. The van der Waals surface area contributed by atoms with Gasteiger partial charge >= 0.3 is 6.03 Å². The number of piperidine rings is 1. The van der Waals surface area contributed by atoms with Gasteiger partial charge in [0.2, 0.25) is 17.8 Å². The van der Waals surface area contributed by atoms with Gasteiger partial charge in [0.25, 0.3) is 11.8 Å². The van der Waals surface area contributed by atoms with Crippen LogP contribution in [0.1, 0.15) is 76.8 Å². The molecule has 6 amide bonds. The molecule has 1 atom stereocenters. The van der Waals surface area contributed by atoms with E-state index in [-0.39, 0.29) is 36.2 Å². The molecule has 5 N–H and O–H groups in total. The van der Waals surface area contributed by atoms with E-state index < -0.39 is 11.9 Å². The minimum Gasteiger partial charge on any atom is -0.368 e. The predicted octanol–water partition coefficient (Wildman–Crippen LogP) is 5.25. The number of aromatic nitrogens is 2. The number of nitrogens with zero attached hydrogens (tertiary/aromatic N) is 6. The van der Waals surface area contributed by atoms with Crippen molar-refractivity contribution in [2.24, 2.45) is 0 Å².